The molecule has 0 bridgehead atoms. The number of carbonyl (C=O) groups excluding carboxylic acids is 2. The van der Waals surface area contributed by atoms with Crippen LogP contribution >= 0.6 is 11.3 Å². The highest BCUT2D eigenvalue weighted by Crippen LogP contribution is 2.29. The van der Waals surface area contributed by atoms with Gasteiger partial charge in [0.1, 0.15) is 5.82 Å². The Kier molecular flexibility index (Phi) is 2.91. The van der Waals surface area contributed by atoms with Gasteiger partial charge in [0.15, 0.2) is 0 Å². The van der Waals surface area contributed by atoms with Crippen LogP contribution in [0.4, 0.5) is 10.1 Å². The topological polar surface area (TPSA) is 37.4 Å². The Bertz CT molecular complexity index is 651. The number of amides is 1. The van der Waals surface area contributed by atoms with Gasteiger partial charge in [-0.25, -0.2) is 4.39 Å². The Morgan fingerprint density at radius 2 is 2.05 bits per heavy atom. The molecule has 5 heteroatoms. The van der Waals surface area contributed by atoms with Crippen LogP contribution in [0.25, 0.3) is 0 Å². The van der Waals surface area contributed by atoms with Crippen molar-refractivity contribution < 1.29 is 14.0 Å². The fourth-order valence-electron chi connectivity index (χ4n) is 2.17. The zero-order valence-corrected chi connectivity index (χ0v) is 10.7. The fourth-order valence-corrected chi connectivity index (χ4v) is 2.87. The van der Waals surface area contributed by atoms with Crippen molar-refractivity contribution in [2.75, 3.05) is 11.4 Å². The average Bonchev–Trinajstić information content (AvgIpc) is 2.98. The summed E-state index contributed by atoms with van der Waals surface area (Å²) in [4.78, 5) is 25.0. The van der Waals surface area contributed by atoms with Gasteiger partial charge in [-0.15, -0.1) is 0 Å². The maximum atomic E-state index is 13.3. The predicted molar refractivity (Wildman–Crippen MR) is 71.1 cm³/mol. The molecule has 0 unspecified atom stereocenters. The number of anilines is 1. The van der Waals surface area contributed by atoms with E-state index in [0.29, 0.717) is 18.7 Å². The summed E-state index contributed by atoms with van der Waals surface area (Å²) in [5, 5.41) is 3.95. The van der Waals surface area contributed by atoms with E-state index in [4.69, 9.17) is 0 Å². The number of rotatable bonds is 3. The van der Waals surface area contributed by atoms with E-state index in [0.717, 1.165) is 5.56 Å². The minimum atomic E-state index is -0.573. The first-order valence-corrected chi connectivity index (χ1v) is 6.78. The summed E-state index contributed by atoms with van der Waals surface area (Å²) in [7, 11) is 0. The first-order valence-electron chi connectivity index (χ1n) is 5.83. The number of hydrogen-bond donors (Lipinski definition) is 0. The Morgan fingerprint density at radius 3 is 2.79 bits per heavy atom. The van der Waals surface area contributed by atoms with E-state index < -0.39 is 17.5 Å². The third-order valence-corrected chi connectivity index (χ3v) is 3.87. The van der Waals surface area contributed by atoms with Crippen molar-refractivity contribution in [2.45, 2.75) is 6.42 Å². The molecule has 3 nitrogen and oxygen atoms in total. The van der Waals surface area contributed by atoms with Crippen molar-refractivity contribution in [1.82, 2.24) is 0 Å². The second-order valence-corrected chi connectivity index (χ2v) is 5.11. The molecule has 0 fully saturated rings. The molecule has 96 valence electrons. The summed E-state index contributed by atoms with van der Waals surface area (Å²) in [6.07, 6.45) is 0.651. The molecule has 1 aromatic heterocycles. The van der Waals surface area contributed by atoms with Crippen LogP contribution in [0.1, 0.15) is 15.9 Å². The minimum Gasteiger partial charge on any atom is -0.304 e. The average molecular weight is 275 g/mol. The van der Waals surface area contributed by atoms with Crippen LogP contribution in [0.5, 0.6) is 0 Å². The van der Waals surface area contributed by atoms with Gasteiger partial charge in [-0.3, -0.25) is 9.59 Å². The summed E-state index contributed by atoms with van der Waals surface area (Å²) < 4.78 is 13.3. The van der Waals surface area contributed by atoms with E-state index in [1.165, 1.54) is 23.1 Å². The van der Waals surface area contributed by atoms with Gasteiger partial charge in [0.25, 0.3) is 11.7 Å². The molecule has 0 saturated carbocycles. The molecule has 2 heterocycles. The smallest absolute Gasteiger partial charge is 0.299 e. The predicted octanol–water partition coefficient (Wildman–Crippen LogP) is 2.66. The lowest BCUT2D eigenvalue weighted by atomic mass is 10.1. The van der Waals surface area contributed by atoms with Gasteiger partial charge in [0, 0.05) is 6.54 Å². The number of nitrogens with zero attached hydrogens (tertiary/aromatic N) is 1. The number of hydrogen-bond acceptors (Lipinski definition) is 3. The molecule has 1 aliphatic heterocycles. The molecule has 1 aliphatic rings. The first-order chi connectivity index (χ1) is 9.16. The Labute approximate surface area is 113 Å². The maximum Gasteiger partial charge on any atom is 0.299 e. The molecule has 2 aromatic rings. The zero-order valence-electron chi connectivity index (χ0n) is 9.93. The normalized spacial score (nSPS) is 14.1. The van der Waals surface area contributed by atoms with Crippen molar-refractivity contribution in [3.05, 3.63) is 52.0 Å². The molecule has 1 amide bonds. The van der Waals surface area contributed by atoms with Crippen LogP contribution in [0, 0.1) is 5.82 Å². The minimum absolute atomic E-state index is 0.289. The summed E-state index contributed by atoms with van der Waals surface area (Å²) in [6.45, 7) is 0.387. The second kappa shape index (κ2) is 4.59. The Hall–Kier alpha value is -2.01. The molecule has 0 N–H and O–H groups in total. The summed E-state index contributed by atoms with van der Waals surface area (Å²) in [6, 6.07) is 5.78. The highest BCUT2D eigenvalue weighted by Gasteiger charge is 2.35. The molecule has 0 atom stereocenters. The van der Waals surface area contributed by atoms with Crippen LogP contribution in [0.15, 0.2) is 35.0 Å². The highest BCUT2D eigenvalue weighted by atomic mass is 32.1. The number of thiophene rings is 1. The van der Waals surface area contributed by atoms with Crippen LogP contribution in [-0.2, 0) is 11.2 Å². The molecule has 0 aliphatic carbocycles. The first kappa shape index (κ1) is 12.0. The number of carbonyl (C=O) groups is 2. The van der Waals surface area contributed by atoms with Gasteiger partial charge >= 0.3 is 0 Å². The standard InChI is InChI=1S/C14H10FNO2S/c15-10-1-2-11-12(7-10)16(14(18)13(11)17)5-3-9-4-6-19-8-9/h1-2,4,6-8H,3,5H2. The largest absolute Gasteiger partial charge is 0.304 e. The van der Waals surface area contributed by atoms with Gasteiger partial charge in [-0.2, -0.15) is 11.3 Å². The molecular weight excluding hydrogens is 265 g/mol. The molecule has 1 aromatic carbocycles. The van der Waals surface area contributed by atoms with E-state index in [1.807, 2.05) is 16.8 Å². The monoisotopic (exact) mass is 275 g/mol. The number of halogens is 1. The van der Waals surface area contributed by atoms with Crippen molar-refractivity contribution in [3.8, 4) is 0 Å². The molecule has 19 heavy (non-hydrogen) atoms. The lowest BCUT2D eigenvalue weighted by Gasteiger charge is -2.15. The fraction of sp³-hybridized carbons (Fsp3) is 0.143. The van der Waals surface area contributed by atoms with Crippen molar-refractivity contribution in [3.63, 3.8) is 0 Å². The molecule has 0 radical (unpaired) electrons. The Balaban J connectivity index is 1.88. The van der Waals surface area contributed by atoms with Crippen LogP contribution in [-0.4, -0.2) is 18.2 Å². The zero-order chi connectivity index (χ0) is 13.4. The number of benzene rings is 1. The summed E-state index contributed by atoms with van der Waals surface area (Å²) in [5.41, 5.74) is 1.78. The van der Waals surface area contributed by atoms with Gasteiger partial charge in [0.2, 0.25) is 0 Å². The third-order valence-electron chi connectivity index (χ3n) is 3.14. The van der Waals surface area contributed by atoms with Crippen molar-refractivity contribution >= 4 is 28.7 Å². The quantitative estimate of drug-likeness (QED) is 0.808. The van der Waals surface area contributed by atoms with E-state index in [-0.39, 0.29) is 5.56 Å². The molecule has 0 spiro atoms. The molecule has 3 rings (SSSR count). The van der Waals surface area contributed by atoms with Crippen molar-refractivity contribution in [2.24, 2.45) is 0 Å². The number of fused-ring (bicyclic) bond motifs is 1. The lowest BCUT2D eigenvalue weighted by Crippen LogP contribution is -2.31. The SMILES string of the molecule is O=C1C(=O)N(CCc2ccsc2)c2cc(F)ccc21. The molecule has 0 saturated heterocycles. The van der Waals surface area contributed by atoms with Gasteiger partial charge in [-0.05, 0) is 47.0 Å². The van der Waals surface area contributed by atoms with E-state index in [1.54, 1.807) is 11.3 Å². The van der Waals surface area contributed by atoms with E-state index in [9.17, 15) is 14.0 Å². The third kappa shape index (κ3) is 2.06. The lowest BCUT2D eigenvalue weighted by molar-refractivity contribution is -0.114. The van der Waals surface area contributed by atoms with Gasteiger partial charge in [-0.1, -0.05) is 0 Å². The van der Waals surface area contributed by atoms with E-state index in [2.05, 4.69) is 0 Å². The number of Topliss-reactive ketones (excluding diaryl/α,β-unsaturated/α-hetero) is 1. The van der Waals surface area contributed by atoms with Gasteiger partial charge < -0.3 is 4.90 Å². The maximum absolute atomic E-state index is 13.3. The number of ketones is 1. The van der Waals surface area contributed by atoms with Crippen LogP contribution in [0.3, 0.4) is 0 Å². The second-order valence-electron chi connectivity index (χ2n) is 4.33. The Morgan fingerprint density at radius 1 is 1.21 bits per heavy atom. The highest BCUT2D eigenvalue weighted by molar-refractivity contribution is 7.07. The summed E-state index contributed by atoms with van der Waals surface area (Å²) in [5.74, 6) is -1.57. The van der Waals surface area contributed by atoms with Crippen LogP contribution in [0.2, 0.25) is 0 Å². The van der Waals surface area contributed by atoms with Crippen LogP contribution < -0.4 is 4.90 Å². The van der Waals surface area contributed by atoms with E-state index >= 15 is 0 Å². The van der Waals surface area contributed by atoms with Gasteiger partial charge in [0.05, 0.1) is 11.3 Å². The summed E-state index contributed by atoms with van der Waals surface area (Å²) >= 11 is 1.58. The molecular formula is C14H10FNO2S. The van der Waals surface area contributed by atoms with Crippen molar-refractivity contribution in [1.29, 1.82) is 0 Å².